The Labute approximate surface area is 163 Å². The number of esters is 1. The van der Waals surface area contributed by atoms with Crippen molar-refractivity contribution in [3.05, 3.63) is 62.4 Å². The van der Waals surface area contributed by atoms with Crippen LogP contribution in [0.15, 0.2) is 40.1 Å². The van der Waals surface area contributed by atoms with E-state index in [0.29, 0.717) is 23.3 Å². The molecule has 1 saturated heterocycles. The van der Waals surface area contributed by atoms with Crippen LogP contribution in [0.25, 0.3) is 0 Å². The summed E-state index contributed by atoms with van der Waals surface area (Å²) in [6.07, 6.45) is 1.04. The molecule has 9 heteroatoms. The predicted octanol–water partition coefficient (Wildman–Crippen LogP) is 1.76. The maximum atomic E-state index is 12.1. The van der Waals surface area contributed by atoms with Crippen LogP contribution >= 0.6 is 15.9 Å². The molecule has 0 spiro atoms. The molecule has 2 aromatic rings. The Morgan fingerprint density at radius 1 is 1.33 bits per heavy atom. The maximum absolute atomic E-state index is 12.1. The van der Waals surface area contributed by atoms with Crippen molar-refractivity contribution in [1.29, 1.82) is 0 Å². The number of carbonyl (C=O) groups excluding carboxylic acids is 1. The Morgan fingerprint density at radius 3 is 2.70 bits per heavy atom. The lowest BCUT2D eigenvalue weighted by molar-refractivity contribution is -0.0329. The minimum Gasteiger partial charge on any atom is -0.497 e. The van der Waals surface area contributed by atoms with Crippen LogP contribution in [-0.4, -0.2) is 40.2 Å². The number of halogens is 1. The lowest BCUT2D eigenvalue weighted by Gasteiger charge is -2.17. The summed E-state index contributed by atoms with van der Waals surface area (Å²) in [5.74, 6) is 0.185. The first kappa shape index (κ1) is 19.4. The van der Waals surface area contributed by atoms with E-state index in [1.807, 2.05) is 0 Å². The Kier molecular flexibility index (Phi) is 5.81. The van der Waals surface area contributed by atoms with Gasteiger partial charge in [0.2, 0.25) is 0 Å². The van der Waals surface area contributed by atoms with Crippen LogP contribution in [0.2, 0.25) is 0 Å². The van der Waals surface area contributed by atoms with Crippen LogP contribution in [0.3, 0.4) is 0 Å². The van der Waals surface area contributed by atoms with Gasteiger partial charge in [0.05, 0.1) is 23.6 Å². The van der Waals surface area contributed by atoms with Gasteiger partial charge in [0.15, 0.2) is 6.23 Å². The zero-order valence-electron chi connectivity index (χ0n) is 14.8. The Bertz CT molecular complexity index is 936. The normalized spacial score (nSPS) is 21.8. The van der Waals surface area contributed by atoms with Crippen molar-refractivity contribution in [1.82, 2.24) is 9.55 Å². The lowest BCUT2D eigenvalue weighted by Crippen LogP contribution is -2.35. The fourth-order valence-electron chi connectivity index (χ4n) is 2.81. The molecule has 8 nitrogen and oxygen atoms in total. The summed E-state index contributed by atoms with van der Waals surface area (Å²) in [5, 5.41) is 0. The molecule has 0 unspecified atom stereocenters. The number of aryl methyl sites for hydroxylation is 1. The number of methoxy groups -OCH3 is 1. The molecule has 1 N–H and O–H groups in total. The molecule has 144 valence electrons. The van der Waals surface area contributed by atoms with Gasteiger partial charge in [0.25, 0.3) is 5.56 Å². The van der Waals surface area contributed by atoms with Crippen LogP contribution in [0.4, 0.5) is 0 Å². The van der Waals surface area contributed by atoms with Crippen LogP contribution in [-0.2, 0) is 9.47 Å². The minimum atomic E-state index is -0.599. The molecule has 0 saturated carbocycles. The fraction of sp³-hybridized carbons (Fsp3) is 0.389. The molecular formula is C18H19BrN2O6. The standard InChI is InChI=1S/C18H19BrN2O6/c1-10-8-21(18(24)20-15(10)22)16-14(19)7-13(27-16)9-26-17(23)11-3-5-12(25-2)6-4-11/h3-6,8,13-14,16H,7,9H2,1-2H3,(H,20,22,24)/t13-,14+,16+/m0/s1. The fourth-order valence-corrected chi connectivity index (χ4v) is 3.60. The first-order chi connectivity index (χ1) is 12.9. The van der Waals surface area contributed by atoms with Gasteiger partial charge in [-0.05, 0) is 37.6 Å². The first-order valence-electron chi connectivity index (χ1n) is 8.32. The summed E-state index contributed by atoms with van der Waals surface area (Å²) < 4.78 is 17.6. The predicted molar refractivity (Wildman–Crippen MR) is 101 cm³/mol. The lowest BCUT2D eigenvalue weighted by atomic mass is 10.2. The topological polar surface area (TPSA) is 99.6 Å². The summed E-state index contributed by atoms with van der Waals surface area (Å²) >= 11 is 3.50. The molecule has 2 heterocycles. The number of hydrogen-bond donors (Lipinski definition) is 1. The monoisotopic (exact) mass is 438 g/mol. The van der Waals surface area contributed by atoms with E-state index in [2.05, 4.69) is 20.9 Å². The molecule has 1 fully saturated rings. The second-order valence-electron chi connectivity index (χ2n) is 6.21. The van der Waals surface area contributed by atoms with Gasteiger partial charge in [-0.1, -0.05) is 15.9 Å². The van der Waals surface area contributed by atoms with E-state index in [0.717, 1.165) is 0 Å². The van der Waals surface area contributed by atoms with Crippen molar-refractivity contribution < 1.29 is 19.0 Å². The number of benzene rings is 1. The number of nitrogens with one attached hydrogen (secondary N) is 1. The molecule has 0 bridgehead atoms. The Balaban J connectivity index is 1.63. The van der Waals surface area contributed by atoms with Crippen molar-refractivity contribution in [2.45, 2.75) is 30.5 Å². The molecular weight excluding hydrogens is 420 g/mol. The highest BCUT2D eigenvalue weighted by molar-refractivity contribution is 9.09. The van der Waals surface area contributed by atoms with Crippen molar-refractivity contribution in [3.8, 4) is 5.75 Å². The summed E-state index contributed by atoms with van der Waals surface area (Å²) in [4.78, 5) is 37.8. The van der Waals surface area contributed by atoms with Crippen molar-refractivity contribution in [2.24, 2.45) is 0 Å². The zero-order chi connectivity index (χ0) is 19.6. The number of ether oxygens (including phenoxy) is 3. The van der Waals surface area contributed by atoms with E-state index in [1.165, 1.54) is 10.8 Å². The molecule has 0 aliphatic carbocycles. The number of carbonyl (C=O) groups is 1. The van der Waals surface area contributed by atoms with Crippen LogP contribution in [0.1, 0.15) is 28.6 Å². The van der Waals surface area contributed by atoms with Gasteiger partial charge in [-0.15, -0.1) is 0 Å². The van der Waals surface area contributed by atoms with Crippen molar-refractivity contribution in [3.63, 3.8) is 0 Å². The average Bonchev–Trinajstić information content (AvgIpc) is 3.03. The number of H-pyrrole nitrogens is 1. The third-order valence-corrected chi connectivity index (χ3v) is 5.10. The van der Waals surface area contributed by atoms with E-state index in [1.54, 1.807) is 38.3 Å². The largest absolute Gasteiger partial charge is 0.497 e. The number of aromatic amines is 1. The van der Waals surface area contributed by atoms with Gasteiger partial charge in [-0.2, -0.15) is 0 Å². The van der Waals surface area contributed by atoms with Gasteiger partial charge >= 0.3 is 11.7 Å². The van der Waals surface area contributed by atoms with E-state index in [4.69, 9.17) is 14.2 Å². The third kappa shape index (κ3) is 4.30. The molecule has 27 heavy (non-hydrogen) atoms. The minimum absolute atomic E-state index is 0.0561. The van der Waals surface area contributed by atoms with Crippen molar-refractivity contribution >= 4 is 21.9 Å². The first-order valence-corrected chi connectivity index (χ1v) is 9.23. The van der Waals surface area contributed by atoms with Gasteiger partial charge in [-0.25, -0.2) is 9.59 Å². The molecule has 3 rings (SSSR count). The third-order valence-electron chi connectivity index (χ3n) is 4.28. The highest BCUT2D eigenvalue weighted by Gasteiger charge is 2.36. The number of alkyl halides is 1. The smallest absolute Gasteiger partial charge is 0.338 e. The highest BCUT2D eigenvalue weighted by Crippen LogP contribution is 2.33. The Morgan fingerprint density at radius 2 is 2.04 bits per heavy atom. The molecule has 0 amide bonds. The quantitative estimate of drug-likeness (QED) is 0.563. The molecule has 1 aromatic heterocycles. The van der Waals surface area contributed by atoms with Gasteiger partial charge in [0.1, 0.15) is 12.4 Å². The van der Waals surface area contributed by atoms with E-state index >= 15 is 0 Å². The SMILES string of the molecule is COc1ccc(C(=O)OC[C@@H]2C[C@@H](Br)[C@H](n3cc(C)c(=O)[nH]c3=O)O2)cc1. The van der Waals surface area contributed by atoms with Gasteiger partial charge in [0, 0.05) is 11.8 Å². The van der Waals surface area contributed by atoms with E-state index < -0.39 is 23.4 Å². The van der Waals surface area contributed by atoms with Crippen LogP contribution in [0.5, 0.6) is 5.75 Å². The molecule has 0 radical (unpaired) electrons. The summed E-state index contributed by atoms with van der Waals surface area (Å²) in [6, 6.07) is 6.60. The van der Waals surface area contributed by atoms with Crippen LogP contribution in [0, 0.1) is 6.92 Å². The molecule has 1 aliphatic rings. The summed E-state index contributed by atoms with van der Waals surface area (Å²) in [6.45, 7) is 1.67. The van der Waals surface area contributed by atoms with Crippen LogP contribution < -0.4 is 16.0 Å². The molecule has 1 aliphatic heterocycles. The second kappa shape index (κ2) is 8.10. The van der Waals surface area contributed by atoms with E-state index in [9.17, 15) is 14.4 Å². The van der Waals surface area contributed by atoms with Gasteiger partial charge in [-0.3, -0.25) is 14.3 Å². The number of aromatic nitrogens is 2. The highest BCUT2D eigenvalue weighted by atomic mass is 79.9. The molecule has 3 atom stereocenters. The number of rotatable bonds is 5. The average molecular weight is 439 g/mol. The summed E-state index contributed by atoms with van der Waals surface area (Å²) in [7, 11) is 1.55. The number of nitrogens with zero attached hydrogens (tertiary/aromatic N) is 1. The zero-order valence-corrected chi connectivity index (χ0v) is 16.4. The maximum Gasteiger partial charge on any atom is 0.338 e. The molecule has 1 aromatic carbocycles. The summed E-state index contributed by atoms with van der Waals surface area (Å²) in [5.41, 5.74) is -0.151. The van der Waals surface area contributed by atoms with E-state index in [-0.39, 0.29) is 17.5 Å². The number of hydrogen-bond acceptors (Lipinski definition) is 6. The van der Waals surface area contributed by atoms with Gasteiger partial charge < -0.3 is 14.2 Å². The Hall–Kier alpha value is -2.39. The second-order valence-corrected chi connectivity index (χ2v) is 7.38. The van der Waals surface area contributed by atoms with Crippen molar-refractivity contribution in [2.75, 3.05) is 13.7 Å².